The van der Waals surface area contributed by atoms with Crippen molar-refractivity contribution in [3.63, 3.8) is 0 Å². The maximum atomic E-state index is 5.65. The topological polar surface area (TPSA) is 50.9 Å². The molecule has 2 unspecified atom stereocenters. The number of nitrogens with two attached hydrogens (primary N) is 1. The van der Waals surface area contributed by atoms with Crippen molar-refractivity contribution in [3.05, 3.63) is 35.9 Å². The number of thioether (sulfide) groups is 1. The highest BCUT2D eigenvalue weighted by atomic mass is 32.2. The highest BCUT2D eigenvalue weighted by Crippen LogP contribution is 2.35. The van der Waals surface area contributed by atoms with Gasteiger partial charge < -0.3 is 5.43 Å². The van der Waals surface area contributed by atoms with Crippen LogP contribution in [0.5, 0.6) is 0 Å². The molecule has 2 aromatic rings. The fourth-order valence-electron chi connectivity index (χ4n) is 3.13. The normalized spacial score (nSPS) is 22.4. The molecule has 1 aliphatic carbocycles. The predicted octanol–water partition coefficient (Wildman–Crippen LogP) is 4.33. The molecule has 0 saturated heterocycles. The maximum absolute atomic E-state index is 5.65. The molecule has 0 spiro atoms. The molecule has 0 amide bonds. The van der Waals surface area contributed by atoms with E-state index in [0.717, 1.165) is 28.3 Å². The van der Waals surface area contributed by atoms with E-state index in [9.17, 15) is 0 Å². The second-order valence-corrected chi connectivity index (χ2v) is 7.33. The predicted molar refractivity (Wildman–Crippen MR) is 92.3 cm³/mol. The first kappa shape index (κ1) is 14.7. The molecule has 2 atom stereocenters. The van der Waals surface area contributed by atoms with Gasteiger partial charge in [0.1, 0.15) is 5.82 Å². The number of rotatable bonds is 4. The van der Waals surface area contributed by atoms with Crippen LogP contribution in [0.1, 0.15) is 38.2 Å². The molecular weight excluding hydrogens is 278 g/mol. The minimum absolute atomic E-state index is 0.783. The van der Waals surface area contributed by atoms with Crippen LogP contribution in [0.2, 0.25) is 0 Å². The largest absolute Gasteiger partial charge is 0.308 e. The van der Waals surface area contributed by atoms with Gasteiger partial charge in [0.25, 0.3) is 0 Å². The van der Waals surface area contributed by atoms with Crippen LogP contribution in [0, 0.1) is 5.92 Å². The summed E-state index contributed by atoms with van der Waals surface area (Å²) < 4.78 is 0. The van der Waals surface area contributed by atoms with E-state index < -0.39 is 0 Å². The standard InChI is InChI=1S/C17H23N3S/c1-12-5-4-7-15(9-12)21-11-14-10-13-6-2-3-8-16(13)19-17(14)20-18/h2-3,6,8,10,12,15H,4-5,7,9,11,18H2,1H3,(H,19,20). The zero-order valence-electron chi connectivity index (χ0n) is 12.5. The van der Waals surface area contributed by atoms with Crippen molar-refractivity contribution in [2.45, 2.75) is 43.6 Å². The van der Waals surface area contributed by atoms with E-state index in [1.807, 2.05) is 12.1 Å². The van der Waals surface area contributed by atoms with Crippen LogP contribution in [0.15, 0.2) is 30.3 Å². The van der Waals surface area contributed by atoms with Gasteiger partial charge in [0.05, 0.1) is 5.52 Å². The fourth-order valence-corrected chi connectivity index (χ4v) is 4.57. The van der Waals surface area contributed by atoms with Gasteiger partial charge in [0.2, 0.25) is 0 Å². The van der Waals surface area contributed by atoms with Gasteiger partial charge in [0.15, 0.2) is 0 Å². The molecule has 1 heterocycles. The van der Waals surface area contributed by atoms with Crippen molar-refractivity contribution < 1.29 is 0 Å². The summed E-state index contributed by atoms with van der Waals surface area (Å²) in [5, 5.41) is 1.97. The number of aromatic nitrogens is 1. The van der Waals surface area contributed by atoms with Crippen LogP contribution >= 0.6 is 11.8 Å². The van der Waals surface area contributed by atoms with Gasteiger partial charge in [0, 0.05) is 22.0 Å². The van der Waals surface area contributed by atoms with Crippen LogP contribution < -0.4 is 11.3 Å². The van der Waals surface area contributed by atoms with Gasteiger partial charge in [-0.15, -0.1) is 0 Å². The number of hydrogen-bond donors (Lipinski definition) is 2. The summed E-state index contributed by atoms with van der Waals surface area (Å²) in [5.74, 6) is 8.32. The Morgan fingerprint density at radius 2 is 2.19 bits per heavy atom. The monoisotopic (exact) mass is 301 g/mol. The van der Waals surface area contributed by atoms with Crippen molar-refractivity contribution in [3.8, 4) is 0 Å². The molecule has 1 aliphatic rings. The van der Waals surface area contributed by atoms with E-state index in [4.69, 9.17) is 5.84 Å². The number of hydrazine groups is 1. The third kappa shape index (κ3) is 3.50. The first-order valence-electron chi connectivity index (χ1n) is 7.73. The van der Waals surface area contributed by atoms with Gasteiger partial charge >= 0.3 is 0 Å². The van der Waals surface area contributed by atoms with E-state index >= 15 is 0 Å². The summed E-state index contributed by atoms with van der Waals surface area (Å²) in [5.41, 5.74) is 4.96. The number of nitrogen functional groups attached to an aromatic ring is 1. The highest BCUT2D eigenvalue weighted by molar-refractivity contribution is 7.99. The molecule has 0 bridgehead atoms. The molecule has 21 heavy (non-hydrogen) atoms. The summed E-state index contributed by atoms with van der Waals surface area (Å²) >= 11 is 2.06. The van der Waals surface area contributed by atoms with Crippen LogP contribution in [0.4, 0.5) is 5.82 Å². The van der Waals surface area contributed by atoms with Crippen molar-refractivity contribution >= 4 is 28.5 Å². The minimum atomic E-state index is 0.783. The Balaban J connectivity index is 1.76. The SMILES string of the molecule is CC1CCCC(SCc2cc3ccccc3nc2NN)C1. The number of hydrogen-bond acceptors (Lipinski definition) is 4. The molecular formula is C17H23N3S. The number of benzene rings is 1. The van der Waals surface area contributed by atoms with Crippen molar-refractivity contribution in [1.29, 1.82) is 0 Å². The number of fused-ring (bicyclic) bond motifs is 1. The lowest BCUT2D eigenvalue weighted by atomic mass is 9.91. The Hall–Kier alpha value is -1.26. The molecule has 1 fully saturated rings. The minimum Gasteiger partial charge on any atom is -0.308 e. The molecule has 0 radical (unpaired) electrons. The molecule has 4 heteroatoms. The number of nitrogens with one attached hydrogen (secondary N) is 1. The Bertz CT molecular complexity index is 614. The molecule has 112 valence electrons. The van der Waals surface area contributed by atoms with Gasteiger partial charge in [-0.2, -0.15) is 11.8 Å². The van der Waals surface area contributed by atoms with Crippen LogP contribution in [-0.4, -0.2) is 10.2 Å². The smallest absolute Gasteiger partial charge is 0.144 e. The molecule has 3 N–H and O–H groups in total. The Kier molecular flexibility index (Phi) is 4.66. The second kappa shape index (κ2) is 6.67. The maximum Gasteiger partial charge on any atom is 0.144 e. The summed E-state index contributed by atoms with van der Waals surface area (Å²) in [7, 11) is 0. The molecule has 0 aliphatic heterocycles. The van der Waals surface area contributed by atoms with Gasteiger partial charge in [-0.25, -0.2) is 10.8 Å². The average molecular weight is 301 g/mol. The molecule has 3 nitrogen and oxygen atoms in total. The number of para-hydroxylation sites is 1. The zero-order valence-corrected chi connectivity index (χ0v) is 13.3. The van der Waals surface area contributed by atoms with Crippen LogP contribution in [-0.2, 0) is 5.75 Å². The van der Waals surface area contributed by atoms with Crippen molar-refractivity contribution in [1.82, 2.24) is 4.98 Å². The molecule has 1 aromatic heterocycles. The zero-order chi connectivity index (χ0) is 14.7. The van der Waals surface area contributed by atoms with Gasteiger partial charge in [-0.3, -0.25) is 0 Å². The average Bonchev–Trinajstić information content (AvgIpc) is 2.52. The summed E-state index contributed by atoms with van der Waals surface area (Å²) in [6.45, 7) is 2.37. The van der Waals surface area contributed by atoms with Crippen molar-refractivity contribution in [2.24, 2.45) is 11.8 Å². The van der Waals surface area contributed by atoms with Crippen LogP contribution in [0.3, 0.4) is 0 Å². The van der Waals surface area contributed by atoms with E-state index in [0.29, 0.717) is 0 Å². The second-order valence-electron chi connectivity index (χ2n) is 6.04. The Morgan fingerprint density at radius 3 is 3.00 bits per heavy atom. The van der Waals surface area contributed by atoms with E-state index in [1.165, 1.54) is 36.6 Å². The lowest BCUT2D eigenvalue weighted by molar-refractivity contribution is 0.394. The summed E-state index contributed by atoms with van der Waals surface area (Å²) in [4.78, 5) is 4.62. The lowest BCUT2D eigenvalue weighted by Gasteiger charge is -2.26. The molecule has 1 saturated carbocycles. The van der Waals surface area contributed by atoms with Gasteiger partial charge in [-0.1, -0.05) is 38.0 Å². The molecule has 3 rings (SSSR count). The fraction of sp³-hybridized carbons (Fsp3) is 0.471. The first-order valence-corrected chi connectivity index (χ1v) is 8.78. The first-order chi connectivity index (χ1) is 10.3. The van der Waals surface area contributed by atoms with E-state index in [2.05, 4.69) is 47.3 Å². The third-order valence-electron chi connectivity index (χ3n) is 4.30. The third-order valence-corrected chi connectivity index (χ3v) is 5.68. The Morgan fingerprint density at radius 1 is 1.33 bits per heavy atom. The summed E-state index contributed by atoms with van der Waals surface area (Å²) in [6, 6.07) is 10.4. The van der Waals surface area contributed by atoms with Crippen molar-refractivity contribution in [2.75, 3.05) is 5.43 Å². The Labute approximate surface area is 130 Å². The van der Waals surface area contributed by atoms with Crippen LogP contribution in [0.25, 0.3) is 10.9 Å². The lowest BCUT2D eigenvalue weighted by Crippen LogP contribution is -2.16. The van der Waals surface area contributed by atoms with Gasteiger partial charge in [-0.05, 0) is 30.9 Å². The summed E-state index contributed by atoms with van der Waals surface area (Å²) in [6.07, 6.45) is 5.46. The van der Waals surface area contributed by atoms with E-state index in [-0.39, 0.29) is 0 Å². The van der Waals surface area contributed by atoms with E-state index in [1.54, 1.807) is 0 Å². The highest BCUT2D eigenvalue weighted by Gasteiger charge is 2.19. The quantitative estimate of drug-likeness (QED) is 0.652. The number of pyridine rings is 1. The molecule has 1 aromatic carbocycles. The number of nitrogens with zero attached hydrogens (tertiary/aromatic N) is 1. The number of anilines is 1.